The maximum absolute atomic E-state index is 12.6. The molecule has 1 aromatic carbocycles. The first kappa shape index (κ1) is 18.7. The van der Waals surface area contributed by atoms with E-state index in [-0.39, 0.29) is 11.5 Å². The second-order valence-electron chi connectivity index (χ2n) is 5.48. The highest BCUT2D eigenvalue weighted by molar-refractivity contribution is 8.27. The summed E-state index contributed by atoms with van der Waals surface area (Å²) in [5, 5.41) is 0.800. The molecular weight excluding hydrogens is 397 g/mol. The van der Waals surface area contributed by atoms with Crippen LogP contribution in [0, 0.1) is 0 Å². The molecule has 10 heteroatoms. The third-order valence-electron chi connectivity index (χ3n) is 4.01. The van der Waals surface area contributed by atoms with Gasteiger partial charge in [0, 0.05) is 24.5 Å². The SMILES string of the molecule is O=C1C(N(S)S(O)=S)CCN1c1ccc(-n2ccccc2=O)cc1P. The molecule has 132 valence electrons. The molecule has 1 saturated heterocycles. The summed E-state index contributed by atoms with van der Waals surface area (Å²) in [5.41, 5.74) is 1.35. The van der Waals surface area contributed by atoms with Crippen molar-refractivity contribution in [3.8, 4) is 5.69 Å². The molecule has 3 rings (SSSR count). The number of hydrogen-bond donors (Lipinski definition) is 2. The lowest BCUT2D eigenvalue weighted by Crippen LogP contribution is -2.38. The van der Waals surface area contributed by atoms with Gasteiger partial charge in [0.2, 0.25) is 5.91 Å². The Morgan fingerprint density at radius 3 is 2.72 bits per heavy atom. The van der Waals surface area contributed by atoms with E-state index in [2.05, 4.69) is 22.1 Å². The molecule has 3 atom stereocenters. The lowest BCUT2D eigenvalue weighted by Gasteiger charge is -2.22. The number of aromatic nitrogens is 1. The van der Waals surface area contributed by atoms with Gasteiger partial charge in [-0.25, -0.2) is 0 Å². The van der Waals surface area contributed by atoms with Crippen LogP contribution in [0.15, 0.2) is 47.4 Å². The summed E-state index contributed by atoms with van der Waals surface area (Å²) in [4.78, 5) is 26.2. The van der Waals surface area contributed by atoms with Gasteiger partial charge in [-0.2, -0.15) is 3.71 Å². The minimum Gasteiger partial charge on any atom is -0.315 e. The molecule has 1 fully saturated rings. The molecule has 0 radical (unpaired) electrons. The second-order valence-corrected chi connectivity index (χ2v) is 8.55. The monoisotopic (exact) mass is 413 g/mol. The second kappa shape index (κ2) is 7.65. The number of carbonyl (C=O) groups excluding carboxylic acids is 1. The highest BCUT2D eigenvalue weighted by atomic mass is 32.8. The van der Waals surface area contributed by atoms with E-state index in [1.165, 1.54) is 14.3 Å². The highest BCUT2D eigenvalue weighted by Gasteiger charge is 2.37. The molecule has 1 amide bonds. The summed E-state index contributed by atoms with van der Waals surface area (Å²) in [6.07, 6.45) is 2.23. The molecule has 6 nitrogen and oxygen atoms in total. The fraction of sp³-hybridized carbons (Fsp3) is 0.200. The van der Waals surface area contributed by atoms with Crippen molar-refractivity contribution in [2.45, 2.75) is 12.5 Å². The first-order valence-electron chi connectivity index (χ1n) is 7.38. The fourth-order valence-electron chi connectivity index (χ4n) is 2.80. The van der Waals surface area contributed by atoms with Crippen molar-refractivity contribution in [1.82, 2.24) is 8.28 Å². The summed E-state index contributed by atoms with van der Waals surface area (Å²) < 4.78 is 12.2. The molecular formula is C15H16N3O3PS3. The Kier molecular flexibility index (Phi) is 5.72. The Morgan fingerprint density at radius 2 is 2.08 bits per heavy atom. The molecule has 1 aliphatic heterocycles. The number of hydrogen-bond acceptors (Lipinski definition) is 4. The van der Waals surface area contributed by atoms with Crippen LogP contribution >= 0.6 is 22.1 Å². The fourth-order valence-corrected chi connectivity index (χ4v) is 4.16. The van der Waals surface area contributed by atoms with E-state index >= 15 is 0 Å². The molecule has 0 bridgehead atoms. The zero-order valence-corrected chi connectivity index (χ0v) is 16.7. The van der Waals surface area contributed by atoms with Crippen LogP contribution in [-0.2, 0) is 25.9 Å². The number of anilines is 1. The minimum atomic E-state index is -1.49. The Labute approximate surface area is 160 Å². The third kappa shape index (κ3) is 3.72. The van der Waals surface area contributed by atoms with Crippen LogP contribution in [0.5, 0.6) is 0 Å². The largest absolute Gasteiger partial charge is 0.315 e. The van der Waals surface area contributed by atoms with Gasteiger partial charge in [-0.3, -0.25) is 14.2 Å². The molecule has 0 aliphatic carbocycles. The molecule has 2 aromatic rings. The van der Waals surface area contributed by atoms with Gasteiger partial charge in [0.1, 0.15) is 6.04 Å². The van der Waals surface area contributed by atoms with E-state index in [9.17, 15) is 14.1 Å². The topological polar surface area (TPSA) is 65.8 Å². The van der Waals surface area contributed by atoms with Crippen molar-refractivity contribution in [3.05, 3.63) is 52.9 Å². The number of nitrogens with zero attached hydrogens (tertiary/aromatic N) is 3. The average molecular weight is 413 g/mol. The van der Waals surface area contributed by atoms with Crippen LogP contribution in [0.2, 0.25) is 0 Å². The minimum absolute atomic E-state index is 0.122. The van der Waals surface area contributed by atoms with Gasteiger partial charge >= 0.3 is 0 Å². The summed E-state index contributed by atoms with van der Waals surface area (Å²) in [5.74, 6) is -0.153. The zero-order chi connectivity index (χ0) is 18.1. The maximum Gasteiger partial charge on any atom is 0.255 e. The van der Waals surface area contributed by atoms with Crippen molar-refractivity contribution in [2.75, 3.05) is 11.4 Å². The number of pyridine rings is 1. The molecule has 1 aliphatic rings. The van der Waals surface area contributed by atoms with E-state index in [0.29, 0.717) is 13.0 Å². The average Bonchev–Trinajstić information content (AvgIpc) is 2.95. The molecule has 25 heavy (non-hydrogen) atoms. The number of thiol groups is 1. The van der Waals surface area contributed by atoms with Crippen molar-refractivity contribution in [1.29, 1.82) is 0 Å². The summed E-state index contributed by atoms with van der Waals surface area (Å²) >= 11 is 8.92. The van der Waals surface area contributed by atoms with E-state index in [0.717, 1.165) is 16.7 Å². The number of amides is 1. The normalized spacial score (nSPS) is 18.8. The van der Waals surface area contributed by atoms with Crippen LogP contribution in [-0.4, -0.2) is 31.3 Å². The quantitative estimate of drug-likeness (QED) is 0.580. The zero-order valence-electron chi connectivity index (χ0n) is 13.0. The predicted octanol–water partition coefficient (Wildman–Crippen LogP) is 1.06. The van der Waals surface area contributed by atoms with E-state index < -0.39 is 16.0 Å². The lowest BCUT2D eigenvalue weighted by atomic mass is 10.2. The predicted molar refractivity (Wildman–Crippen MR) is 110 cm³/mol. The Morgan fingerprint density at radius 1 is 1.32 bits per heavy atom. The molecule has 0 saturated carbocycles. The van der Waals surface area contributed by atoms with Crippen LogP contribution in [0.4, 0.5) is 5.69 Å². The molecule has 1 aromatic heterocycles. The summed E-state index contributed by atoms with van der Waals surface area (Å²) in [6.45, 7) is 0.513. The highest BCUT2D eigenvalue weighted by Crippen LogP contribution is 2.26. The molecule has 1 N–H and O–H groups in total. The smallest absolute Gasteiger partial charge is 0.255 e. The van der Waals surface area contributed by atoms with Crippen molar-refractivity contribution < 1.29 is 9.35 Å². The Hall–Kier alpha value is -1.09. The molecule has 0 spiro atoms. The van der Waals surface area contributed by atoms with Gasteiger partial charge in [-0.05, 0) is 47.2 Å². The van der Waals surface area contributed by atoms with Crippen LogP contribution in [0.1, 0.15) is 6.42 Å². The standard InChI is InChI=1S/C15H16N3O3PS3/c19-14-3-1-2-7-16(14)10-4-5-11(13(22)9-10)17-8-6-12(15(17)20)18(23)25(21)24/h1-5,7,9,12,23H,6,8,22H2,(H,21,24). The lowest BCUT2D eigenvalue weighted by molar-refractivity contribution is -0.119. The van der Waals surface area contributed by atoms with E-state index in [4.69, 9.17) is 11.2 Å². The summed E-state index contributed by atoms with van der Waals surface area (Å²) in [6, 6.07) is 9.87. The van der Waals surface area contributed by atoms with E-state index in [1.807, 2.05) is 12.1 Å². The van der Waals surface area contributed by atoms with Crippen molar-refractivity contribution in [3.63, 3.8) is 0 Å². The van der Waals surface area contributed by atoms with Crippen LogP contribution in [0.25, 0.3) is 5.69 Å². The van der Waals surface area contributed by atoms with Gasteiger partial charge in [0.25, 0.3) is 5.56 Å². The van der Waals surface area contributed by atoms with Gasteiger partial charge < -0.3 is 9.45 Å². The van der Waals surface area contributed by atoms with Crippen molar-refractivity contribution >= 4 is 60.1 Å². The molecule has 3 unspecified atom stereocenters. The van der Waals surface area contributed by atoms with E-state index in [1.54, 1.807) is 29.3 Å². The number of rotatable bonds is 4. The van der Waals surface area contributed by atoms with Crippen LogP contribution in [0.3, 0.4) is 0 Å². The Bertz CT molecular complexity index is 905. The number of benzene rings is 1. The molecule has 2 heterocycles. The maximum atomic E-state index is 12.6. The van der Waals surface area contributed by atoms with Gasteiger partial charge in [-0.1, -0.05) is 18.9 Å². The first-order valence-corrected chi connectivity index (χ1v) is 10.4. The number of carbonyl (C=O) groups is 1. The van der Waals surface area contributed by atoms with Crippen LogP contribution < -0.4 is 15.8 Å². The van der Waals surface area contributed by atoms with Gasteiger partial charge in [0.05, 0.1) is 15.6 Å². The summed E-state index contributed by atoms with van der Waals surface area (Å²) in [7, 11) is 1.11. The first-order chi connectivity index (χ1) is 11.9. The van der Waals surface area contributed by atoms with Gasteiger partial charge in [-0.15, -0.1) is 9.24 Å². The van der Waals surface area contributed by atoms with Gasteiger partial charge in [0.15, 0.2) is 0 Å². The van der Waals surface area contributed by atoms with Crippen molar-refractivity contribution in [2.24, 2.45) is 0 Å². The Balaban J connectivity index is 1.90. The third-order valence-corrected chi connectivity index (χ3v) is 6.60.